The summed E-state index contributed by atoms with van der Waals surface area (Å²) < 4.78 is 10.9. The molecule has 1 amide bonds. The van der Waals surface area contributed by atoms with Gasteiger partial charge in [0.05, 0.1) is 5.92 Å². The highest BCUT2D eigenvalue weighted by molar-refractivity contribution is 5.75. The van der Waals surface area contributed by atoms with E-state index in [1.165, 1.54) is 5.56 Å². The van der Waals surface area contributed by atoms with Crippen molar-refractivity contribution in [2.75, 3.05) is 13.1 Å². The second-order valence-electron chi connectivity index (χ2n) is 8.27. The minimum absolute atomic E-state index is 0.244. The standard InChI is InChI=1S/C21H31NO4/c1-15(2)17-10-8-16(9-11-17)14-25-19(23)18-7-6-12-22(13-18)20(24)26-21(3,4)5/h8-11,15,18H,6-7,12-14H2,1-5H3/t18-/m1/s1. The molecule has 0 aromatic heterocycles. The Morgan fingerprint density at radius 2 is 1.85 bits per heavy atom. The Morgan fingerprint density at radius 3 is 2.42 bits per heavy atom. The van der Waals surface area contributed by atoms with Crippen LogP contribution in [0.25, 0.3) is 0 Å². The van der Waals surface area contributed by atoms with Crippen molar-refractivity contribution >= 4 is 12.1 Å². The third kappa shape index (κ3) is 6.04. The van der Waals surface area contributed by atoms with Gasteiger partial charge in [0, 0.05) is 13.1 Å². The minimum atomic E-state index is -0.535. The first-order valence-electron chi connectivity index (χ1n) is 9.39. The highest BCUT2D eigenvalue weighted by atomic mass is 16.6. The molecule has 1 aliphatic rings. The van der Waals surface area contributed by atoms with Crippen LogP contribution in [0, 0.1) is 5.92 Å². The number of hydrogen-bond acceptors (Lipinski definition) is 4. The Labute approximate surface area is 156 Å². The van der Waals surface area contributed by atoms with E-state index in [9.17, 15) is 9.59 Å². The molecule has 0 bridgehead atoms. The Balaban J connectivity index is 1.85. The molecule has 5 nitrogen and oxygen atoms in total. The molecule has 2 rings (SSSR count). The number of likely N-dealkylation sites (tertiary alicyclic amines) is 1. The van der Waals surface area contributed by atoms with Crippen LogP contribution in [0.3, 0.4) is 0 Å². The van der Waals surface area contributed by atoms with Crippen molar-refractivity contribution in [2.45, 2.75) is 65.6 Å². The van der Waals surface area contributed by atoms with Crippen molar-refractivity contribution in [2.24, 2.45) is 5.92 Å². The second kappa shape index (κ2) is 8.56. The van der Waals surface area contributed by atoms with Crippen molar-refractivity contribution in [3.63, 3.8) is 0 Å². The Hall–Kier alpha value is -2.04. The SMILES string of the molecule is CC(C)c1ccc(COC(=O)[C@@H]2CCCN(C(=O)OC(C)(C)C)C2)cc1. The van der Waals surface area contributed by atoms with E-state index in [-0.39, 0.29) is 24.6 Å². The summed E-state index contributed by atoms with van der Waals surface area (Å²) in [6, 6.07) is 8.13. The summed E-state index contributed by atoms with van der Waals surface area (Å²) in [5, 5.41) is 0. The zero-order valence-corrected chi connectivity index (χ0v) is 16.6. The first-order chi connectivity index (χ1) is 12.2. The van der Waals surface area contributed by atoms with E-state index >= 15 is 0 Å². The average Bonchev–Trinajstić information content (AvgIpc) is 2.58. The molecular formula is C21H31NO4. The second-order valence-corrected chi connectivity index (χ2v) is 8.27. The predicted molar refractivity (Wildman–Crippen MR) is 101 cm³/mol. The number of carbonyl (C=O) groups is 2. The zero-order valence-electron chi connectivity index (χ0n) is 16.6. The van der Waals surface area contributed by atoms with Crippen LogP contribution in [-0.2, 0) is 20.9 Å². The van der Waals surface area contributed by atoms with Crippen LogP contribution in [0.4, 0.5) is 4.79 Å². The lowest BCUT2D eigenvalue weighted by Crippen LogP contribution is -2.45. The maximum absolute atomic E-state index is 12.4. The molecule has 26 heavy (non-hydrogen) atoms. The van der Waals surface area contributed by atoms with Gasteiger partial charge in [-0.15, -0.1) is 0 Å². The van der Waals surface area contributed by atoms with Crippen molar-refractivity contribution in [3.8, 4) is 0 Å². The van der Waals surface area contributed by atoms with E-state index in [0.717, 1.165) is 18.4 Å². The van der Waals surface area contributed by atoms with Gasteiger partial charge in [-0.2, -0.15) is 0 Å². The van der Waals surface area contributed by atoms with Gasteiger partial charge in [0.2, 0.25) is 0 Å². The fraction of sp³-hybridized carbons (Fsp3) is 0.619. The molecule has 1 aliphatic heterocycles. The smallest absolute Gasteiger partial charge is 0.410 e. The van der Waals surface area contributed by atoms with E-state index in [2.05, 4.69) is 26.0 Å². The van der Waals surface area contributed by atoms with E-state index < -0.39 is 5.60 Å². The minimum Gasteiger partial charge on any atom is -0.461 e. The van der Waals surface area contributed by atoms with E-state index in [1.54, 1.807) is 4.90 Å². The number of hydrogen-bond donors (Lipinski definition) is 0. The summed E-state index contributed by atoms with van der Waals surface area (Å²) >= 11 is 0. The molecular weight excluding hydrogens is 330 g/mol. The average molecular weight is 361 g/mol. The molecule has 1 aromatic carbocycles. The topological polar surface area (TPSA) is 55.8 Å². The molecule has 0 spiro atoms. The third-order valence-corrected chi connectivity index (χ3v) is 4.43. The molecule has 144 valence electrons. The number of benzene rings is 1. The van der Waals surface area contributed by atoms with Crippen molar-refractivity contribution in [1.29, 1.82) is 0 Å². The van der Waals surface area contributed by atoms with Gasteiger partial charge in [0.15, 0.2) is 0 Å². The largest absolute Gasteiger partial charge is 0.461 e. The molecule has 0 N–H and O–H groups in total. The normalized spacial score (nSPS) is 17.9. The summed E-state index contributed by atoms with van der Waals surface area (Å²) in [6.07, 6.45) is 1.16. The van der Waals surface area contributed by atoms with Gasteiger partial charge in [-0.1, -0.05) is 38.1 Å². The molecule has 0 saturated carbocycles. The van der Waals surface area contributed by atoms with Gasteiger partial charge < -0.3 is 14.4 Å². The fourth-order valence-corrected chi connectivity index (χ4v) is 2.93. The van der Waals surface area contributed by atoms with Crippen LogP contribution in [0.5, 0.6) is 0 Å². The lowest BCUT2D eigenvalue weighted by atomic mass is 9.98. The first-order valence-corrected chi connectivity index (χ1v) is 9.39. The Bertz CT molecular complexity index is 616. The quantitative estimate of drug-likeness (QED) is 0.741. The van der Waals surface area contributed by atoms with Crippen LogP contribution in [-0.4, -0.2) is 35.7 Å². The molecule has 1 aromatic rings. The third-order valence-electron chi connectivity index (χ3n) is 4.43. The van der Waals surface area contributed by atoms with Crippen molar-refractivity contribution in [3.05, 3.63) is 35.4 Å². The van der Waals surface area contributed by atoms with Crippen LogP contribution in [0.1, 0.15) is 64.5 Å². The highest BCUT2D eigenvalue weighted by Gasteiger charge is 2.31. The molecule has 0 radical (unpaired) electrons. The van der Waals surface area contributed by atoms with Crippen LogP contribution >= 0.6 is 0 Å². The predicted octanol–water partition coefficient (Wildman–Crippen LogP) is 4.50. The molecule has 1 fully saturated rings. The van der Waals surface area contributed by atoms with Crippen LogP contribution in [0.15, 0.2) is 24.3 Å². The molecule has 0 unspecified atom stereocenters. The summed E-state index contributed by atoms with van der Waals surface area (Å²) in [5.74, 6) is -0.0509. The van der Waals surface area contributed by atoms with Gasteiger partial charge in [-0.25, -0.2) is 4.79 Å². The number of piperidine rings is 1. The summed E-state index contributed by atoms with van der Waals surface area (Å²) in [7, 11) is 0. The maximum atomic E-state index is 12.4. The fourth-order valence-electron chi connectivity index (χ4n) is 2.93. The van der Waals surface area contributed by atoms with Gasteiger partial charge in [0.25, 0.3) is 0 Å². The van der Waals surface area contributed by atoms with Gasteiger partial charge in [-0.05, 0) is 50.7 Å². The monoisotopic (exact) mass is 361 g/mol. The van der Waals surface area contributed by atoms with Crippen LogP contribution < -0.4 is 0 Å². The number of nitrogens with zero attached hydrogens (tertiary/aromatic N) is 1. The lowest BCUT2D eigenvalue weighted by molar-refractivity contribution is -0.151. The zero-order chi connectivity index (χ0) is 19.3. The maximum Gasteiger partial charge on any atom is 0.410 e. The molecule has 1 atom stereocenters. The number of amides is 1. The number of ether oxygens (including phenoxy) is 2. The number of carbonyl (C=O) groups excluding carboxylic acids is 2. The lowest BCUT2D eigenvalue weighted by Gasteiger charge is -2.33. The number of rotatable bonds is 4. The van der Waals surface area contributed by atoms with Crippen LogP contribution in [0.2, 0.25) is 0 Å². The first kappa shape index (κ1) is 20.3. The van der Waals surface area contributed by atoms with Gasteiger partial charge in [0.1, 0.15) is 12.2 Å². The van der Waals surface area contributed by atoms with E-state index in [0.29, 0.717) is 19.0 Å². The molecule has 5 heteroatoms. The van der Waals surface area contributed by atoms with Crippen molar-refractivity contribution < 1.29 is 19.1 Å². The number of esters is 1. The summed E-state index contributed by atoms with van der Waals surface area (Å²) in [5.41, 5.74) is 1.70. The molecule has 0 aliphatic carbocycles. The summed E-state index contributed by atoms with van der Waals surface area (Å²) in [4.78, 5) is 26.2. The Kier molecular flexibility index (Phi) is 6.68. The summed E-state index contributed by atoms with van der Waals surface area (Å²) in [6.45, 7) is 11.1. The van der Waals surface area contributed by atoms with Gasteiger partial charge >= 0.3 is 12.1 Å². The highest BCUT2D eigenvalue weighted by Crippen LogP contribution is 2.21. The molecule has 1 saturated heterocycles. The van der Waals surface area contributed by atoms with E-state index in [1.807, 2.05) is 32.9 Å². The Morgan fingerprint density at radius 1 is 1.19 bits per heavy atom. The van der Waals surface area contributed by atoms with Crippen molar-refractivity contribution in [1.82, 2.24) is 4.90 Å². The molecule has 1 heterocycles. The van der Waals surface area contributed by atoms with E-state index in [4.69, 9.17) is 9.47 Å². The van der Waals surface area contributed by atoms with Gasteiger partial charge in [-0.3, -0.25) is 4.79 Å².